The van der Waals surface area contributed by atoms with Crippen molar-refractivity contribution in [3.63, 3.8) is 0 Å². The largest absolute Gasteiger partial charge is 0.492 e. The predicted octanol–water partition coefficient (Wildman–Crippen LogP) is 2.28. The average Bonchev–Trinajstić information content (AvgIpc) is 2.40. The van der Waals surface area contributed by atoms with E-state index in [1.54, 1.807) is 23.6 Å². The monoisotopic (exact) mass is 337 g/mol. The summed E-state index contributed by atoms with van der Waals surface area (Å²) in [6.45, 7) is 4.49. The van der Waals surface area contributed by atoms with Crippen LogP contribution in [0.25, 0.3) is 0 Å². The van der Waals surface area contributed by atoms with Crippen molar-refractivity contribution in [1.29, 1.82) is 0 Å². The first-order chi connectivity index (χ1) is 9.49. The number of rotatable bonds is 4. The molecule has 0 saturated carbocycles. The Balaban J connectivity index is 2.09. The minimum Gasteiger partial charge on any atom is -0.492 e. The van der Waals surface area contributed by atoms with Crippen LogP contribution in [0.4, 0.5) is 5.69 Å². The Bertz CT molecular complexity index is 683. The molecule has 1 aromatic heterocycles. The summed E-state index contributed by atoms with van der Waals surface area (Å²) in [5, 5.41) is 0. The van der Waals surface area contributed by atoms with Crippen molar-refractivity contribution in [3.05, 3.63) is 50.6 Å². The third-order valence-electron chi connectivity index (χ3n) is 2.98. The fourth-order valence-corrected chi connectivity index (χ4v) is 2.20. The number of nitrogens with two attached hydrogens (primary N) is 1. The molecule has 0 aliphatic heterocycles. The Morgan fingerprint density at radius 1 is 1.40 bits per heavy atom. The molecular formula is C14H16BrN3O2. The topological polar surface area (TPSA) is 70.1 Å². The summed E-state index contributed by atoms with van der Waals surface area (Å²) < 4.78 is 8.02. The van der Waals surface area contributed by atoms with Crippen LogP contribution in [0, 0.1) is 13.8 Å². The summed E-state index contributed by atoms with van der Waals surface area (Å²) >= 11 is 3.43. The maximum Gasteiger partial charge on any atom is 0.348 e. The Labute approximate surface area is 125 Å². The molecule has 20 heavy (non-hydrogen) atoms. The van der Waals surface area contributed by atoms with E-state index in [9.17, 15) is 4.79 Å². The highest BCUT2D eigenvalue weighted by Crippen LogP contribution is 2.17. The van der Waals surface area contributed by atoms with Gasteiger partial charge in [0.1, 0.15) is 12.4 Å². The van der Waals surface area contributed by atoms with E-state index in [-0.39, 0.29) is 5.69 Å². The van der Waals surface area contributed by atoms with Crippen molar-refractivity contribution in [1.82, 2.24) is 9.55 Å². The smallest absolute Gasteiger partial charge is 0.348 e. The lowest BCUT2D eigenvalue weighted by molar-refractivity contribution is 0.294. The highest BCUT2D eigenvalue weighted by Gasteiger charge is 2.09. The van der Waals surface area contributed by atoms with E-state index in [1.165, 1.54) is 0 Å². The van der Waals surface area contributed by atoms with E-state index < -0.39 is 0 Å². The second-order valence-electron chi connectivity index (χ2n) is 4.45. The molecular weight excluding hydrogens is 322 g/mol. The molecule has 0 aliphatic carbocycles. The number of hydrogen-bond acceptors (Lipinski definition) is 4. The van der Waals surface area contributed by atoms with Gasteiger partial charge in [-0.05, 0) is 41.9 Å². The predicted molar refractivity (Wildman–Crippen MR) is 82.0 cm³/mol. The minimum atomic E-state index is -0.264. The van der Waals surface area contributed by atoms with Crippen molar-refractivity contribution in [2.75, 3.05) is 12.3 Å². The molecule has 2 N–H and O–H groups in total. The van der Waals surface area contributed by atoms with Crippen molar-refractivity contribution in [2.45, 2.75) is 20.4 Å². The van der Waals surface area contributed by atoms with Crippen molar-refractivity contribution in [2.24, 2.45) is 0 Å². The number of aromatic nitrogens is 2. The van der Waals surface area contributed by atoms with E-state index >= 15 is 0 Å². The number of halogens is 1. The highest BCUT2D eigenvalue weighted by atomic mass is 79.9. The third-order valence-corrected chi connectivity index (χ3v) is 4.12. The summed E-state index contributed by atoms with van der Waals surface area (Å²) in [6, 6.07) is 7.20. The third kappa shape index (κ3) is 3.19. The van der Waals surface area contributed by atoms with Crippen LogP contribution < -0.4 is 16.2 Å². The zero-order valence-electron chi connectivity index (χ0n) is 11.4. The fraction of sp³-hybridized carbons (Fsp3) is 0.286. The summed E-state index contributed by atoms with van der Waals surface area (Å²) in [5.74, 6) is 0.690. The zero-order chi connectivity index (χ0) is 14.7. The number of hydrogen-bond donors (Lipinski definition) is 1. The van der Waals surface area contributed by atoms with Crippen LogP contribution in [0.3, 0.4) is 0 Å². The molecule has 0 fully saturated rings. The molecule has 0 unspecified atom stereocenters. The maximum atomic E-state index is 11.9. The van der Waals surface area contributed by atoms with Crippen molar-refractivity contribution >= 4 is 21.6 Å². The molecule has 0 radical (unpaired) electrons. The first-order valence-electron chi connectivity index (χ1n) is 6.21. The van der Waals surface area contributed by atoms with E-state index in [4.69, 9.17) is 10.5 Å². The van der Waals surface area contributed by atoms with Gasteiger partial charge in [-0.15, -0.1) is 0 Å². The molecule has 2 aromatic rings. The Morgan fingerprint density at radius 3 is 2.85 bits per heavy atom. The Kier molecular flexibility index (Phi) is 4.44. The van der Waals surface area contributed by atoms with Crippen molar-refractivity contribution < 1.29 is 4.74 Å². The number of aryl methyl sites for hydroxylation is 1. The maximum absolute atomic E-state index is 11.9. The van der Waals surface area contributed by atoms with Gasteiger partial charge >= 0.3 is 5.69 Å². The van der Waals surface area contributed by atoms with Crippen LogP contribution in [-0.2, 0) is 6.54 Å². The minimum absolute atomic E-state index is 0.264. The van der Waals surface area contributed by atoms with Crippen LogP contribution in [-0.4, -0.2) is 16.2 Å². The first kappa shape index (κ1) is 14.6. The number of anilines is 1. The Hall–Kier alpha value is -1.82. The highest BCUT2D eigenvalue weighted by molar-refractivity contribution is 9.10. The van der Waals surface area contributed by atoms with Crippen LogP contribution in [0.1, 0.15) is 11.4 Å². The lowest BCUT2D eigenvalue weighted by Crippen LogP contribution is -2.28. The number of nitrogens with zero attached hydrogens (tertiary/aromatic N) is 2. The van der Waals surface area contributed by atoms with Gasteiger partial charge in [0.15, 0.2) is 0 Å². The molecule has 1 heterocycles. The molecule has 0 atom stereocenters. The molecule has 5 nitrogen and oxygen atoms in total. The van der Waals surface area contributed by atoms with Crippen LogP contribution in [0.2, 0.25) is 0 Å². The average molecular weight is 338 g/mol. The second kappa shape index (κ2) is 6.09. The summed E-state index contributed by atoms with van der Waals surface area (Å²) in [6.07, 6.45) is 0. The standard InChI is InChI=1S/C14H16BrN3O2/c1-9-13(15)10(2)18(14(19)17-9)6-7-20-12-5-3-4-11(16)8-12/h3-5,8H,6-7,16H2,1-2H3. The molecule has 1 aromatic carbocycles. The molecule has 0 bridgehead atoms. The lowest BCUT2D eigenvalue weighted by Gasteiger charge is -2.13. The van der Waals surface area contributed by atoms with Gasteiger partial charge in [-0.2, -0.15) is 4.98 Å². The van der Waals surface area contributed by atoms with Gasteiger partial charge in [-0.3, -0.25) is 4.57 Å². The number of nitrogen functional groups attached to an aromatic ring is 1. The zero-order valence-corrected chi connectivity index (χ0v) is 13.0. The molecule has 6 heteroatoms. The molecule has 0 saturated heterocycles. The van der Waals surface area contributed by atoms with Gasteiger partial charge in [-0.1, -0.05) is 6.07 Å². The van der Waals surface area contributed by atoms with E-state index in [1.807, 2.05) is 19.1 Å². The fourth-order valence-electron chi connectivity index (χ4n) is 1.90. The SMILES string of the molecule is Cc1nc(=O)n(CCOc2cccc(N)c2)c(C)c1Br. The van der Waals surface area contributed by atoms with Crippen LogP contribution in [0.5, 0.6) is 5.75 Å². The van der Waals surface area contributed by atoms with E-state index in [0.29, 0.717) is 30.3 Å². The van der Waals surface area contributed by atoms with Gasteiger partial charge in [0.2, 0.25) is 0 Å². The number of benzene rings is 1. The van der Waals surface area contributed by atoms with E-state index in [0.717, 1.165) is 10.2 Å². The second-order valence-corrected chi connectivity index (χ2v) is 5.24. The van der Waals surface area contributed by atoms with Crippen molar-refractivity contribution in [3.8, 4) is 5.75 Å². The van der Waals surface area contributed by atoms with Gasteiger partial charge in [0.25, 0.3) is 0 Å². The van der Waals surface area contributed by atoms with Gasteiger partial charge < -0.3 is 10.5 Å². The Morgan fingerprint density at radius 2 is 2.15 bits per heavy atom. The molecule has 0 aliphatic rings. The van der Waals surface area contributed by atoms with E-state index in [2.05, 4.69) is 20.9 Å². The summed E-state index contributed by atoms with van der Waals surface area (Å²) in [5.41, 5.74) is 7.60. The van der Waals surface area contributed by atoms with Gasteiger partial charge in [0.05, 0.1) is 16.7 Å². The molecule has 0 spiro atoms. The summed E-state index contributed by atoms with van der Waals surface area (Å²) in [4.78, 5) is 15.8. The first-order valence-corrected chi connectivity index (χ1v) is 7.00. The number of ether oxygens (including phenoxy) is 1. The molecule has 106 valence electrons. The molecule has 0 amide bonds. The molecule has 2 rings (SSSR count). The van der Waals surface area contributed by atoms with Gasteiger partial charge in [0, 0.05) is 17.4 Å². The quantitative estimate of drug-likeness (QED) is 0.869. The lowest BCUT2D eigenvalue weighted by atomic mass is 10.3. The van der Waals surface area contributed by atoms with Crippen LogP contribution in [0.15, 0.2) is 33.5 Å². The summed E-state index contributed by atoms with van der Waals surface area (Å²) in [7, 11) is 0. The van der Waals surface area contributed by atoms with Crippen LogP contribution >= 0.6 is 15.9 Å². The van der Waals surface area contributed by atoms with Gasteiger partial charge in [-0.25, -0.2) is 4.79 Å². The normalized spacial score (nSPS) is 10.6.